The van der Waals surface area contributed by atoms with Crippen LogP contribution < -0.4 is 15.6 Å². The Labute approximate surface area is 120 Å². The Morgan fingerprint density at radius 1 is 1.45 bits per heavy atom. The Balaban J connectivity index is 2.16. The number of hydrazine groups is 1. The van der Waals surface area contributed by atoms with Gasteiger partial charge in [0.2, 0.25) is 5.91 Å². The van der Waals surface area contributed by atoms with Crippen molar-refractivity contribution < 1.29 is 13.7 Å². The third-order valence-electron chi connectivity index (χ3n) is 3.12. The van der Waals surface area contributed by atoms with Gasteiger partial charge in [0.1, 0.15) is 5.75 Å². The molecular formula is C14H18N2O3S. The zero-order chi connectivity index (χ0) is 14.5. The first-order valence-electron chi connectivity index (χ1n) is 6.34. The van der Waals surface area contributed by atoms with Gasteiger partial charge in [0.05, 0.1) is 7.11 Å². The second-order valence-electron chi connectivity index (χ2n) is 4.55. The molecule has 6 heteroatoms. The Morgan fingerprint density at radius 3 is 2.85 bits per heavy atom. The molecule has 5 nitrogen and oxygen atoms in total. The summed E-state index contributed by atoms with van der Waals surface area (Å²) in [4.78, 5) is 11.8. The summed E-state index contributed by atoms with van der Waals surface area (Å²) in [6.07, 6.45) is 6.81. The molecule has 1 aliphatic rings. The summed E-state index contributed by atoms with van der Waals surface area (Å²) < 4.78 is 16.8. The number of ether oxygens (including phenoxy) is 1. The van der Waals surface area contributed by atoms with Crippen LogP contribution in [-0.4, -0.2) is 29.5 Å². The van der Waals surface area contributed by atoms with Crippen LogP contribution in [0.25, 0.3) is 6.08 Å². The van der Waals surface area contributed by atoms with E-state index in [1.165, 1.54) is 0 Å². The summed E-state index contributed by atoms with van der Waals surface area (Å²) in [6, 6.07) is 5.55. The van der Waals surface area contributed by atoms with E-state index in [1.54, 1.807) is 19.4 Å². The van der Waals surface area contributed by atoms with Crippen LogP contribution in [0, 0.1) is 0 Å². The second-order valence-corrected chi connectivity index (χ2v) is 5.93. The van der Waals surface area contributed by atoms with Crippen molar-refractivity contribution in [1.29, 1.82) is 0 Å². The van der Waals surface area contributed by atoms with E-state index in [0.29, 0.717) is 6.42 Å². The number of hydrogen-bond acceptors (Lipinski definition) is 4. The standard InChI is InChI=1S/C14H18N2O3S/c1-19-13-7-6-12(20(2)18)9-10(13)3-4-11-5-8-14(17)16-15-11/h3-4,6-7,9,11,15H,5,8H2,1-2H3,(H,16,17)/b4-3+. The summed E-state index contributed by atoms with van der Waals surface area (Å²) in [7, 11) is 0.581. The molecule has 1 aromatic carbocycles. The van der Waals surface area contributed by atoms with Gasteiger partial charge in [0.15, 0.2) is 0 Å². The minimum Gasteiger partial charge on any atom is -0.496 e. The molecule has 1 amide bonds. The van der Waals surface area contributed by atoms with Gasteiger partial charge in [0, 0.05) is 40.0 Å². The van der Waals surface area contributed by atoms with Gasteiger partial charge < -0.3 is 4.74 Å². The third kappa shape index (κ3) is 3.68. The van der Waals surface area contributed by atoms with Crippen LogP contribution in [0.15, 0.2) is 29.2 Å². The van der Waals surface area contributed by atoms with Crippen molar-refractivity contribution in [3.8, 4) is 5.75 Å². The lowest BCUT2D eigenvalue weighted by molar-refractivity contribution is -0.123. The van der Waals surface area contributed by atoms with Crippen molar-refractivity contribution >= 4 is 22.8 Å². The van der Waals surface area contributed by atoms with Crippen LogP contribution in [0.2, 0.25) is 0 Å². The Bertz CT molecular complexity index is 547. The van der Waals surface area contributed by atoms with Crippen molar-refractivity contribution in [3.63, 3.8) is 0 Å². The van der Waals surface area contributed by atoms with Crippen LogP contribution in [-0.2, 0) is 15.6 Å². The smallest absolute Gasteiger partial charge is 0.234 e. The van der Waals surface area contributed by atoms with Crippen LogP contribution >= 0.6 is 0 Å². The van der Waals surface area contributed by atoms with Gasteiger partial charge >= 0.3 is 0 Å². The molecule has 2 unspecified atom stereocenters. The molecule has 2 N–H and O–H groups in total. The van der Waals surface area contributed by atoms with Crippen molar-refractivity contribution in [2.75, 3.05) is 13.4 Å². The molecule has 0 aliphatic carbocycles. The summed E-state index contributed by atoms with van der Waals surface area (Å²) in [6.45, 7) is 0. The minimum atomic E-state index is -1.02. The highest BCUT2D eigenvalue weighted by Crippen LogP contribution is 2.23. The van der Waals surface area contributed by atoms with Gasteiger partial charge in [-0.1, -0.05) is 12.2 Å². The first kappa shape index (κ1) is 14.7. The van der Waals surface area contributed by atoms with Crippen molar-refractivity contribution in [3.05, 3.63) is 29.8 Å². The van der Waals surface area contributed by atoms with Gasteiger partial charge in [-0.05, 0) is 24.6 Å². The zero-order valence-electron chi connectivity index (χ0n) is 11.5. The maximum Gasteiger partial charge on any atom is 0.234 e. The maximum absolute atomic E-state index is 11.5. The molecule has 0 bridgehead atoms. The van der Waals surface area contributed by atoms with Gasteiger partial charge in [-0.2, -0.15) is 0 Å². The van der Waals surface area contributed by atoms with E-state index in [-0.39, 0.29) is 11.9 Å². The fourth-order valence-electron chi connectivity index (χ4n) is 1.98. The van der Waals surface area contributed by atoms with Crippen LogP contribution in [0.5, 0.6) is 5.75 Å². The summed E-state index contributed by atoms with van der Waals surface area (Å²) in [5.41, 5.74) is 6.41. The minimum absolute atomic E-state index is 0.00982. The molecule has 20 heavy (non-hydrogen) atoms. The molecule has 1 aliphatic heterocycles. The molecule has 1 aromatic rings. The zero-order valence-corrected chi connectivity index (χ0v) is 12.3. The number of benzene rings is 1. The molecule has 0 saturated carbocycles. The van der Waals surface area contributed by atoms with Gasteiger partial charge in [0.25, 0.3) is 0 Å². The number of rotatable bonds is 4. The van der Waals surface area contributed by atoms with Crippen LogP contribution in [0.1, 0.15) is 18.4 Å². The van der Waals surface area contributed by atoms with E-state index in [2.05, 4.69) is 10.9 Å². The van der Waals surface area contributed by atoms with E-state index < -0.39 is 10.8 Å². The molecule has 2 rings (SSSR count). The average Bonchev–Trinajstić information content (AvgIpc) is 2.46. The highest BCUT2D eigenvalue weighted by molar-refractivity contribution is 7.84. The van der Waals surface area contributed by atoms with Crippen LogP contribution in [0.3, 0.4) is 0 Å². The molecule has 1 heterocycles. The Hall–Kier alpha value is -1.66. The largest absolute Gasteiger partial charge is 0.496 e. The average molecular weight is 294 g/mol. The van der Waals surface area contributed by atoms with Crippen molar-refractivity contribution in [2.45, 2.75) is 23.8 Å². The Kier molecular flexibility index (Phi) is 4.92. The number of methoxy groups -OCH3 is 1. The molecule has 0 radical (unpaired) electrons. The van der Waals surface area contributed by atoms with E-state index in [4.69, 9.17) is 4.74 Å². The quantitative estimate of drug-likeness (QED) is 0.876. The lowest BCUT2D eigenvalue weighted by Gasteiger charge is -2.20. The normalized spacial score (nSPS) is 20.7. The third-order valence-corrected chi connectivity index (χ3v) is 4.04. The maximum atomic E-state index is 11.5. The lowest BCUT2D eigenvalue weighted by atomic mass is 10.1. The van der Waals surface area contributed by atoms with E-state index in [1.807, 2.05) is 24.3 Å². The second kappa shape index (κ2) is 6.67. The van der Waals surface area contributed by atoms with Crippen molar-refractivity contribution in [2.24, 2.45) is 0 Å². The first-order valence-corrected chi connectivity index (χ1v) is 7.90. The Morgan fingerprint density at radius 2 is 2.25 bits per heavy atom. The van der Waals surface area contributed by atoms with E-state index in [9.17, 15) is 9.00 Å². The highest BCUT2D eigenvalue weighted by atomic mass is 32.2. The lowest BCUT2D eigenvalue weighted by Crippen LogP contribution is -2.48. The van der Waals surface area contributed by atoms with Gasteiger partial charge in [-0.25, -0.2) is 5.43 Å². The summed E-state index contributed by atoms with van der Waals surface area (Å²) >= 11 is 0. The molecule has 1 saturated heterocycles. The van der Waals surface area contributed by atoms with Crippen molar-refractivity contribution in [1.82, 2.24) is 10.9 Å². The number of amides is 1. The highest BCUT2D eigenvalue weighted by Gasteiger charge is 2.14. The predicted octanol–water partition coefficient (Wildman–Crippen LogP) is 1.23. The SMILES string of the molecule is COc1ccc(S(C)=O)cc1/C=C/C1CCC(=O)NN1. The van der Waals surface area contributed by atoms with Gasteiger partial charge in [-0.15, -0.1) is 0 Å². The predicted molar refractivity (Wildman–Crippen MR) is 78.7 cm³/mol. The van der Waals surface area contributed by atoms with E-state index in [0.717, 1.165) is 22.6 Å². The molecule has 0 aromatic heterocycles. The van der Waals surface area contributed by atoms with E-state index >= 15 is 0 Å². The number of carbonyl (C=O) groups is 1. The van der Waals surface area contributed by atoms with Crippen LogP contribution in [0.4, 0.5) is 0 Å². The fraction of sp³-hybridized carbons (Fsp3) is 0.357. The topological polar surface area (TPSA) is 67.4 Å². The van der Waals surface area contributed by atoms with Gasteiger partial charge in [-0.3, -0.25) is 14.4 Å². The molecule has 108 valence electrons. The summed E-state index contributed by atoms with van der Waals surface area (Å²) in [5, 5.41) is 0. The fourth-order valence-corrected chi connectivity index (χ4v) is 2.53. The monoisotopic (exact) mass is 294 g/mol. The first-order chi connectivity index (χ1) is 9.60. The number of hydrogen-bond donors (Lipinski definition) is 2. The number of carbonyl (C=O) groups excluding carboxylic acids is 1. The molecule has 0 spiro atoms. The number of nitrogens with one attached hydrogen (secondary N) is 2. The molecule has 2 atom stereocenters. The molecule has 1 fully saturated rings. The molecular weight excluding hydrogens is 276 g/mol. The summed E-state index contributed by atoms with van der Waals surface area (Å²) in [5.74, 6) is 0.742.